The molecule has 0 unspecified atom stereocenters. The molecule has 1 aliphatic rings. The van der Waals surface area contributed by atoms with Gasteiger partial charge < -0.3 is 10.3 Å². The summed E-state index contributed by atoms with van der Waals surface area (Å²) < 4.78 is 27.7. The molecule has 0 saturated carbocycles. The minimum absolute atomic E-state index is 0.353. The molecular formula is C10H17N3O2S. The van der Waals surface area contributed by atoms with E-state index in [4.69, 9.17) is 5.73 Å². The lowest BCUT2D eigenvalue weighted by Crippen LogP contribution is -2.27. The fourth-order valence-corrected chi connectivity index (χ4v) is 3.61. The number of hydrogen-bond acceptors (Lipinski definition) is 3. The molecule has 0 atom stereocenters. The van der Waals surface area contributed by atoms with Crippen molar-refractivity contribution in [3.63, 3.8) is 0 Å². The van der Waals surface area contributed by atoms with E-state index in [2.05, 4.69) is 0 Å². The highest BCUT2D eigenvalue weighted by Gasteiger charge is 2.28. The Hall–Kier alpha value is -0.850. The number of hydrogen-bond donors (Lipinski definition) is 1. The van der Waals surface area contributed by atoms with E-state index in [9.17, 15) is 8.42 Å². The topological polar surface area (TPSA) is 68.3 Å². The van der Waals surface area contributed by atoms with Crippen LogP contribution in [0.5, 0.6) is 0 Å². The van der Waals surface area contributed by atoms with E-state index in [0.29, 0.717) is 24.5 Å². The lowest BCUT2D eigenvalue weighted by molar-refractivity contribution is 0.477. The van der Waals surface area contributed by atoms with Gasteiger partial charge in [-0.15, -0.1) is 0 Å². The fraction of sp³-hybridized carbons (Fsp3) is 0.600. The van der Waals surface area contributed by atoms with Crippen LogP contribution in [-0.4, -0.2) is 30.4 Å². The maximum absolute atomic E-state index is 12.2. The molecular weight excluding hydrogens is 226 g/mol. The van der Waals surface area contributed by atoms with Gasteiger partial charge in [0.05, 0.1) is 0 Å². The van der Waals surface area contributed by atoms with Crippen LogP contribution in [0, 0.1) is 0 Å². The van der Waals surface area contributed by atoms with Crippen LogP contribution >= 0.6 is 0 Å². The Morgan fingerprint density at radius 1 is 1.38 bits per heavy atom. The predicted molar refractivity (Wildman–Crippen MR) is 61.3 cm³/mol. The summed E-state index contributed by atoms with van der Waals surface area (Å²) in [6.45, 7) is 1.62. The predicted octanol–water partition coefficient (Wildman–Crippen LogP) is 0.268. The van der Waals surface area contributed by atoms with E-state index in [1.165, 1.54) is 0 Å². The highest BCUT2D eigenvalue weighted by molar-refractivity contribution is 7.89. The molecule has 5 nitrogen and oxygen atoms in total. The number of rotatable bonds is 3. The van der Waals surface area contributed by atoms with Crippen molar-refractivity contribution < 1.29 is 8.42 Å². The van der Waals surface area contributed by atoms with Gasteiger partial charge in [0.2, 0.25) is 10.0 Å². The molecule has 2 N–H and O–H groups in total. The largest absolute Gasteiger partial charge is 0.352 e. The lowest BCUT2D eigenvalue weighted by Gasteiger charge is -2.13. The first-order chi connectivity index (χ1) is 7.55. The minimum Gasteiger partial charge on any atom is -0.352 e. The van der Waals surface area contributed by atoms with Gasteiger partial charge in [-0.1, -0.05) is 0 Å². The maximum atomic E-state index is 12.2. The molecule has 0 aliphatic carbocycles. The minimum atomic E-state index is -3.29. The SMILES string of the molecule is Cn1cc(S(=O)(=O)N2CCCC2)cc1CN. The molecule has 6 heteroatoms. The molecule has 16 heavy (non-hydrogen) atoms. The van der Waals surface area contributed by atoms with Crippen LogP contribution in [0.1, 0.15) is 18.5 Å². The molecule has 1 aliphatic heterocycles. The third-order valence-electron chi connectivity index (χ3n) is 2.99. The summed E-state index contributed by atoms with van der Waals surface area (Å²) in [7, 11) is -1.48. The molecule has 0 amide bonds. The molecule has 2 rings (SSSR count). The molecule has 1 aromatic rings. The number of nitrogens with zero attached hydrogens (tertiary/aromatic N) is 2. The van der Waals surface area contributed by atoms with E-state index in [1.54, 1.807) is 21.1 Å². The molecule has 0 aromatic carbocycles. The van der Waals surface area contributed by atoms with Crippen molar-refractivity contribution in [3.05, 3.63) is 18.0 Å². The second-order valence-corrected chi connectivity index (χ2v) is 6.03. The zero-order valence-electron chi connectivity index (χ0n) is 9.39. The van der Waals surface area contributed by atoms with Gasteiger partial charge >= 0.3 is 0 Å². The Balaban J connectivity index is 2.35. The molecule has 0 bridgehead atoms. The Morgan fingerprint density at radius 2 is 2.00 bits per heavy atom. The molecule has 0 radical (unpaired) electrons. The first-order valence-electron chi connectivity index (χ1n) is 5.41. The number of aromatic nitrogens is 1. The highest BCUT2D eigenvalue weighted by atomic mass is 32.2. The summed E-state index contributed by atoms with van der Waals surface area (Å²) in [5, 5.41) is 0. The quantitative estimate of drug-likeness (QED) is 0.828. The maximum Gasteiger partial charge on any atom is 0.244 e. The first-order valence-corrected chi connectivity index (χ1v) is 6.85. The van der Waals surface area contributed by atoms with Gasteiger partial charge in [-0.2, -0.15) is 4.31 Å². The van der Waals surface area contributed by atoms with Crippen LogP contribution in [0.4, 0.5) is 0 Å². The zero-order chi connectivity index (χ0) is 11.8. The highest BCUT2D eigenvalue weighted by Crippen LogP contribution is 2.22. The van der Waals surface area contributed by atoms with E-state index >= 15 is 0 Å². The Morgan fingerprint density at radius 3 is 2.50 bits per heavy atom. The molecule has 1 saturated heterocycles. The van der Waals surface area contributed by atoms with Crippen LogP contribution in [0.15, 0.2) is 17.2 Å². The standard InChI is InChI=1S/C10H17N3O2S/c1-12-8-10(6-9(12)7-11)16(14,15)13-4-2-3-5-13/h6,8H,2-5,7,11H2,1H3. The Labute approximate surface area is 95.9 Å². The van der Waals surface area contributed by atoms with Crippen molar-refractivity contribution in [1.29, 1.82) is 0 Å². The summed E-state index contributed by atoms with van der Waals surface area (Å²) in [6.07, 6.45) is 3.54. The Bertz CT molecular complexity index is 472. The van der Waals surface area contributed by atoms with E-state index in [0.717, 1.165) is 18.5 Å². The van der Waals surface area contributed by atoms with Crippen LogP contribution in [0.3, 0.4) is 0 Å². The smallest absolute Gasteiger partial charge is 0.244 e. The van der Waals surface area contributed by atoms with Crippen molar-refractivity contribution in [2.24, 2.45) is 12.8 Å². The summed E-state index contributed by atoms with van der Waals surface area (Å²) in [6, 6.07) is 1.66. The monoisotopic (exact) mass is 243 g/mol. The lowest BCUT2D eigenvalue weighted by atomic mass is 10.4. The van der Waals surface area contributed by atoms with Crippen LogP contribution in [0.2, 0.25) is 0 Å². The summed E-state index contributed by atoms with van der Waals surface area (Å²) in [5.41, 5.74) is 6.36. The summed E-state index contributed by atoms with van der Waals surface area (Å²) in [5.74, 6) is 0. The van der Waals surface area contributed by atoms with Gasteiger partial charge in [-0.05, 0) is 18.9 Å². The average molecular weight is 243 g/mol. The van der Waals surface area contributed by atoms with Crippen molar-refractivity contribution in [2.75, 3.05) is 13.1 Å². The summed E-state index contributed by atoms with van der Waals surface area (Å²) >= 11 is 0. The third kappa shape index (κ3) is 1.88. The second kappa shape index (κ2) is 4.20. The van der Waals surface area contributed by atoms with E-state index in [-0.39, 0.29) is 0 Å². The van der Waals surface area contributed by atoms with E-state index in [1.807, 2.05) is 7.05 Å². The van der Waals surface area contributed by atoms with Gasteiger partial charge in [0.15, 0.2) is 0 Å². The molecule has 0 spiro atoms. The molecule has 1 fully saturated rings. The van der Waals surface area contributed by atoms with Crippen LogP contribution in [0.25, 0.3) is 0 Å². The van der Waals surface area contributed by atoms with Crippen molar-refractivity contribution in [2.45, 2.75) is 24.3 Å². The Kier molecular flexibility index (Phi) is 3.05. The van der Waals surface area contributed by atoms with Crippen LogP contribution < -0.4 is 5.73 Å². The molecule has 90 valence electrons. The van der Waals surface area contributed by atoms with Crippen molar-refractivity contribution in [3.8, 4) is 0 Å². The van der Waals surface area contributed by atoms with Gasteiger partial charge in [-0.25, -0.2) is 8.42 Å². The zero-order valence-corrected chi connectivity index (χ0v) is 10.2. The average Bonchev–Trinajstić information content (AvgIpc) is 2.85. The number of aryl methyl sites for hydroxylation is 1. The van der Waals surface area contributed by atoms with Gasteiger partial charge in [0.25, 0.3) is 0 Å². The van der Waals surface area contributed by atoms with Crippen molar-refractivity contribution in [1.82, 2.24) is 8.87 Å². The number of sulfonamides is 1. The van der Waals surface area contributed by atoms with E-state index < -0.39 is 10.0 Å². The fourth-order valence-electron chi connectivity index (χ4n) is 2.00. The summed E-state index contributed by atoms with van der Waals surface area (Å²) in [4.78, 5) is 0.359. The van der Waals surface area contributed by atoms with Gasteiger partial charge in [0.1, 0.15) is 4.90 Å². The third-order valence-corrected chi connectivity index (χ3v) is 4.86. The molecule has 2 heterocycles. The van der Waals surface area contributed by atoms with Crippen molar-refractivity contribution >= 4 is 10.0 Å². The first kappa shape index (κ1) is 11.6. The van der Waals surface area contributed by atoms with Gasteiger partial charge in [-0.3, -0.25) is 0 Å². The normalized spacial score (nSPS) is 18.1. The molecule has 1 aromatic heterocycles. The van der Waals surface area contributed by atoms with Crippen LogP contribution in [-0.2, 0) is 23.6 Å². The second-order valence-electron chi connectivity index (χ2n) is 4.09. The number of nitrogens with two attached hydrogens (primary N) is 1. The van der Waals surface area contributed by atoms with Gasteiger partial charge in [0, 0.05) is 38.6 Å².